The third kappa shape index (κ3) is 2.72. The zero-order valence-corrected chi connectivity index (χ0v) is 12.1. The second kappa shape index (κ2) is 5.22. The van der Waals surface area contributed by atoms with Crippen LogP contribution in [-0.2, 0) is 19.4 Å². The molecule has 0 aliphatic heterocycles. The summed E-state index contributed by atoms with van der Waals surface area (Å²) in [7, 11) is 0. The number of hydrogen-bond acceptors (Lipinski definition) is 2. The maximum Gasteiger partial charge on any atom is 0.0931 e. The second-order valence-electron chi connectivity index (χ2n) is 4.60. The molecule has 1 heterocycles. The van der Waals surface area contributed by atoms with Gasteiger partial charge in [0.25, 0.3) is 0 Å². The molecular weight excluding hydrogens is 285 g/mol. The van der Waals surface area contributed by atoms with Gasteiger partial charge in [-0.1, -0.05) is 29.3 Å². The number of benzene rings is 1. The molecule has 1 nitrogen and oxygen atoms in total. The first-order valence-corrected chi connectivity index (χ1v) is 7.53. The van der Waals surface area contributed by atoms with Gasteiger partial charge in [0.05, 0.1) is 4.34 Å². The van der Waals surface area contributed by atoms with Crippen molar-refractivity contribution in [3.63, 3.8) is 0 Å². The van der Waals surface area contributed by atoms with Gasteiger partial charge < -0.3 is 5.32 Å². The molecule has 0 radical (unpaired) electrons. The first-order chi connectivity index (χ1) is 8.70. The van der Waals surface area contributed by atoms with Crippen molar-refractivity contribution in [3.05, 3.63) is 55.7 Å². The SMILES string of the molecule is Clc1ccc2c(c1)CC(NCc1ccc(Cl)s1)C2. The molecule has 0 fully saturated rings. The van der Waals surface area contributed by atoms with Gasteiger partial charge in [-0.15, -0.1) is 11.3 Å². The average Bonchev–Trinajstić information content (AvgIpc) is 2.92. The molecule has 1 aliphatic rings. The van der Waals surface area contributed by atoms with Crippen LogP contribution in [0.4, 0.5) is 0 Å². The van der Waals surface area contributed by atoms with Crippen molar-refractivity contribution in [1.29, 1.82) is 0 Å². The van der Waals surface area contributed by atoms with Crippen LogP contribution in [0.25, 0.3) is 0 Å². The molecule has 0 saturated heterocycles. The van der Waals surface area contributed by atoms with Crippen LogP contribution in [0.5, 0.6) is 0 Å². The zero-order chi connectivity index (χ0) is 12.5. The summed E-state index contributed by atoms with van der Waals surface area (Å²) < 4.78 is 0.855. The molecule has 94 valence electrons. The molecule has 1 atom stereocenters. The molecule has 0 saturated carbocycles. The van der Waals surface area contributed by atoms with Crippen LogP contribution in [0, 0.1) is 0 Å². The van der Waals surface area contributed by atoms with Crippen molar-refractivity contribution < 1.29 is 0 Å². The van der Waals surface area contributed by atoms with Gasteiger partial charge in [0, 0.05) is 22.5 Å². The third-order valence-corrected chi connectivity index (χ3v) is 4.76. The lowest BCUT2D eigenvalue weighted by atomic mass is 10.1. The summed E-state index contributed by atoms with van der Waals surface area (Å²) in [5.41, 5.74) is 2.80. The van der Waals surface area contributed by atoms with Crippen molar-refractivity contribution in [2.75, 3.05) is 0 Å². The van der Waals surface area contributed by atoms with Crippen LogP contribution in [0.15, 0.2) is 30.3 Å². The van der Waals surface area contributed by atoms with Crippen LogP contribution >= 0.6 is 34.5 Å². The van der Waals surface area contributed by atoms with Gasteiger partial charge >= 0.3 is 0 Å². The molecule has 1 N–H and O–H groups in total. The third-order valence-electron chi connectivity index (χ3n) is 3.29. The largest absolute Gasteiger partial charge is 0.308 e. The van der Waals surface area contributed by atoms with Gasteiger partial charge in [-0.2, -0.15) is 0 Å². The van der Waals surface area contributed by atoms with E-state index in [1.165, 1.54) is 16.0 Å². The highest BCUT2D eigenvalue weighted by atomic mass is 35.5. The van der Waals surface area contributed by atoms with E-state index in [-0.39, 0.29) is 0 Å². The summed E-state index contributed by atoms with van der Waals surface area (Å²) >= 11 is 13.6. The Morgan fingerprint density at radius 3 is 2.72 bits per heavy atom. The molecule has 2 aromatic rings. The summed E-state index contributed by atoms with van der Waals surface area (Å²) in [6.45, 7) is 0.893. The summed E-state index contributed by atoms with van der Waals surface area (Å²) in [4.78, 5) is 1.29. The molecule has 0 spiro atoms. The Morgan fingerprint density at radius 1 is 1.11 bits per heavy atom. The van der Waals surface area contributed by atoms with Crippen molar-refractivity contribution in [1.82, 2.24) is 5.32 Å². The Morgan fingerprint density at radius 2 is 1.94 bits per heavy atom. The fourth-order valence-corrected chi connectivity index (χ4v) is 3.66. The van der Waals surface area contributed by atoms with E-state index in [0.717, 1.165) is 28.7 Å². The maximum absolute atomic E-state index is 6.01. The van der Waals surface area contributed by atoms with Crippen LogP contribution in [0.3, 0.4) is 0 Å². The Balaban J connectivity index is 1.61. The molecule has 1 aromatic heterocycles. The first kappa shape index (κ1) is 12.5. The van der Waals surface area contributed by atoms with Crippen LogP contribution in [-0.4, -0.2) is 6.04 Å². The van der Waals surface area contributed by atoms with E-state index in [0.29, 0.717) is 6.04 Å². The maximum atomic E-state index is 6.01. The summed E-state index contributed by atoms with van der Waals surface area (Å²) in [6.07, 6.45) is 2.15. The van der Waals surface area contributed by atoms with Gasteiger partial charge in [-0.3, -0.25) is 0 Å². The Labute approximate surface area is 121 Å². The van der Waals surface area contributed by atoms with Crippen molar-refractivity contribution in [2.24, 2.45) is 0 Å². The molecule has 3 rings (SSSR count). The van der Waals surface area contributed by atoms with Crippen molar-refractivity contribution in [3.8, 4) is 0 Å². The van der Waals surface area contributed by atoms with E-state index in [4.69, 9.17) is 23.2 Å². The standard InChI is InChI=1S/C14H13Cl2NS/c15-11-2-1-9-6-12(7-10(9)5-11)17-8-13-3-4-14(16)18-13/h1-5,12,17H,6-8H2. The average molecular weight is 298 g/mol. The quantitative estimate of drug-likeness (QED) is 0.890. The molecular formula is C14H13Cl2NS. The molecule has 1 aromatic carbocycles. The van der Waals surface area contributed by atoms with Gasteiger partial charge in [-0.25, -0.2) is 0 Å². The normalized spacial score (nSPS) is 18.0. The van der Waals surface area contributed by atoms with Gasteiger partial charge in [0.1, 0.15) is 0 Å². The van der Waals surface area contributed by atoms with Gasteiger partial charge in [0.2, 0.25) is 0 Å². The number of nitrogens with one attached hydrogen (secondary N) is 1. The van der Waals surface area contributed by atoms with Gasteiger partial charge in [0.15, 0.2) is 0 Å². The number of hydrogen-bond donors (Lipinski definition) is 1. The summed E-state index contributed by atoms with van der Waals surface area (Å²) in [5, 5.41) is 4.42. The zero-order valence-electron chi connectivity index (χ0n) is 9.75. The molecule has 18 heavy (non-hydrogen) atoms. The highest BCUT2D eigenvalue weighted by Gasteiger charge is 2.21. The molecule has 1 unspecified atom stereocenters. The number of fused-ring (bicyclic) bond motifs is 1. The Hall–Kier alpha value is -0.540. The van der Waals surface area contributed by atoms with Crippen LogP contribution < -0.4 is 5.32 Å². The molecule has 1 aliphatic carbocycles. The number of halogens is 2. The molecule has 4 heteroatoms. The number of rotatable bonds is 3. The van der Waals surface area contributed by atoms with E-state index in [2.05, 4.69) is 23.5 Å². The predicted octanol–water partition coefficient (Wildman–Crippen LogP) is 4.31. The van der Waals surface area contributed by atoms with Crippen LogP contribution in [0.1, 0.15) is 16.0 Å². The Bertz CT molecular complexity index is 565. The highest BCUT2D eigenvalue weighted by molar-refractivity contribution is 7.16. The van der Waals surface area contributed by atoms with Gasteiger partial charge in [-0.05, 0) is 48.2 Å². The Kier molecular flexibility index (Phi) is 3.62. The van der Waals surface area contributed by atoms with E-state index >= 15 is 0 Å². The van der Waals surface area contributed by atoms with E-state index in [9.17, 15) is 0 Å². The minimum Gasteiger partial charge on any atom is -0.308 e. The predicted molar refractivity (Wildman–Crippen MR) is 78.8 cm³/mol. The minimum atomic E-state index is 0.513. The van der Waals surface area contributed by atoms with Crippen molar-refractivity contribution in [2.45, 2.75) is 25.4 Å². The lowest BCUT2D eigenvalue weighted by molar-refractivity contribution is 0.536. The first-order valence-electron chi connectivity index (χ1n) is 5.95. The fourth-order valence-electron chi connectivity index (χ4n) is 2.42. The smallest absolute Gasteiger partial charge is 0.0931 e. The highest BCUT2D eigenvalue weighted by Crippen LogP contribution is 2.26. The monoisotopic (exact) mass is 297 g/mol. The fraction of sp³-hybridized carbons (Fsp3) is 0.286. The van der Waals surface area contributed by atoms with E-state index < -0.39 is 0 Å². The summed E-state index contributed by atoms with van der Waals surface area (Å²) in [5.74, 6) is 0. The summed E-state index contributed by atoms with van der Waals surface area (Å²) in [6, 6.07) is 10.7. The topological polar surface area (TPSA) is 12.0 Å². The van der Waals surface area contributed by atoms with Crippen molar-refractivity contribution >= 4 is 34.5 Å². The minimum absolute atomic E-state index is 0.513. The number of thiophene rings is 1. The molecule has 0 amide bonds. The van der Waals surface area contributed by atoms with Crippen LogP contribution in [0.2, 0.25) is 9.36 Å². The van der Waals surface area contributed by atoms with E-state index in [1.54, 1.807) is 11.3 Å². The molecule has 0 bridgehead atoms. The second-order valence-corrected chi connectivity index (χ2v) is 6.84. The lowest BCUT2D eigenvalue weighted by Gasteiger charge is -2.10. The lowest BCUT2D eigenvalue weighted by Crippen LogP contribution is -2.28. The van der Waals surface area contributed by atoms with E-state index in [1.807, 2.05) is 12.1 Å².